The molecule has 0 aromatic carbocycles. The third kappa shape index (κ3) is 3.75. The van der Waals surface area contributed by atoms with Gasteiger partial charge in [-0.3, -0.25) is 10.00 Å². The number of hydrogen-bond acceptors (Lipinski definition) is 3. The molecule has 2 rings (SSSR count). The zero-order chi connectivity index (χ0) is 15.6. The standard InChI is InChI=1S/C15H26N4O2/c1-10(2)19(9-11(3)20)15(21)16-14-8-13(17-18(14)4)12-6-5-7-12/h8,10-12,20H,5-7,9H2,1-4H3,(H,16,21). The SMILES string of the molecule is CC(O)CN(C(=O)Nc1cc(C2CCC2)nn1C)C(C)C. The zero-order valence-corrected chi connectivity index (χ0v) is 13.3. The highest BCUT2D eigenvalue weighted by Gasteiger charge is 2.24. The molecule has 0 saturated heterocycles. The lowest BCUT2D eigenvalue weighted by Gasteiger charge is -2.28. The summed E-state index contributed by atoms with van der Waals surface area (Å²) in [4.78, 5) is 14.0. The Hall–Kier alpha value is -1.56. The first-order valence-electron chi connectivity index (χ1n) is 7.68. The maximum absolute atomic E-state index is 12.4. The van der Waals surface area contributed by atoms with Gasteiger partial charge in [0.1, 0.15) is 5.82 Å². The number of aliphatic hydroxyl groups excluding tert-OH is 1. The van der Waals surface area contributed by atoms with E-state index in [4.69, 9.17) is 0 Å². The average molecular weight is 294 g/mol. The minimum absolute atomic E-state index is 0.0268. The minimum atomic E-state index is -0.546. The predicted molar refractivity (Wildman–Crippen MR) is 82.3 cm³/mol. The van der Waals surface area contributed by atoms with Crippen molar-refractivity contribution in [3.8, 4) is 0 Å². The van der Waals surface area contributed by atoms with Crippen LogP contribution in [0.5, 0.6) is 0 Å². The highest BCUT2D eigenvalue weighted by molar-refractivity contribution is 5.88. The largest absolute Gasteiger partial charge is 0.392 e. The van der Waals surface area contributed by atoms with Crippen molar-refractivity contribution in [2.24, 2.45) is 7.05 Å². The lowest BCUT2D eigenvalue weighted by Crippen LogP contribution is -2.44. The van der Waals surface area contributed by atoms with Crippen molar-refractivity contribution in [3.63, 3.8) is 0 Å². The summed E-state index contributed by atoms with van der Waals surface area (Å²) in [7, 11) is 1.84. The molecule has 0 radical (unpaired) electrons. The number of aliphatic hydroxyl groups is 1. The Bertz CT molecular complexity index is 492. The molecule has 21 heavy (non-hydrogen) atoms. The van der Waals surface area contributed by atoms with E-state index in [1.807, 2.05) is 27.0 Å². The quantitative estimate of drug-likeness (QED) is 0.875. The van der Waals surface area contributed by atoms with Crippen LogP contribution in [0.2, 0.25) is 0 Å². The molecule has 2 N–H and O–H groups in total. The van der Waals surface area contributed by atoms with Crippen molar-refractivity contribution in [3.05, 3.63) is 11.8 Å². The van der Waals surface area contributed by atoms with Gasteiger partial charge in [0.15, 0.2) is 0 Å². The van der Waals surface area contributed by atoms with Crippen LogP contribution in [-0.2, 0) is 7.05 Å². The first-order valence-corrected chi connectivity index (χ1v) is 7.68. The first-order chi connectivity index (χ1) is 9.88. The summed E-state index contributed by atoms with van der Waals surface area (Å²) in [6, 6.07) is 1.79. The first kappa shape index (κ1) is 15.8. The summed E-state index contributed by atoms with van der Waals surface area (Å²) in [5.74, 6) is 1.25. The fourth-order valence-corrected chi connectivity index (χ4v) is 2.50. The van der Waals surface area contributed by atoms with Crippen molar-refractivity contribution in [2.45, 2.75) is 58.1 Å². The second-order valence-electron chi connectivity index (χ2n) is 6.23. The summed E-state index contributed by atoms with van der Waals surface area (Å²) in [6.45, 7) is 5.87. The van der Waals surface area contributed by atoms with E-state index in [0.29, 0.717) is 18.3 Å². The van der Waals surface area contributed by atoms with Crippen LogP contribution < -0.4 is 5.32 Å². The molecule has 1 unspecified atom stereocenters. The number of nitrogens with one attached hydrogen (secondary N) is 1. The van der Waals surface area contributed by atoms with Gasteiger partial charge in [-0.2, -0.15) is 5.10 Å². The van der Waals surface area contributed by atoms with Crippen LogP contribution in [0.3, 0.4) is 0 Å². The van der Waals surface area contributed by atoms with Crippen LogP contribution in [0.15, 0.2) is 6.07 Å². The maximum atomic E-state index is 12.4. The highest BCUT2D eigenvalue weighted by atomic mass is 16.3. The van der Waals surface area contributed by atoms with E-state index in [1.54, 1.807) is 16.5 Å². The molecule has 1 atom stereocenters. The van der Waals surface area contributed by atoms with Crippen LogP contribution in [0.25, 0.3) is 0 Å². The Morgan fingerprint density at radius 3 is 2.67 bits per heavy atom. The topological polar surface area (TPSA) is 70.4 Å². The van der Waals surface area contributed by atoms with Gasteiger partial charge >= 0.3 is 6.03 Å². The molecule has 6 heteroatoms. The lowest BCUT2D eigenvalue weighted by atomic mass is 9.83. The minimum Gasteiger partial charge on any atom is -0.392 e. The van der Waals surface area contributed by atoms with Gasteiger partial charge < -0.3 is 10.0 Å². The number of urea groups is 1. The molecule has 118 valence electrons. The van der Waals surface area contributed by atoms with E-state index in [9.17, 15) is 9.90 Å². The molecule has 0 spiro atoms. The van der Waals surface area contributed by atoms with Crippen LogP contribution in [0, 0.1) is 0 Å². The van der Waals surface area contributed by atoms with E-state index in [2.05, 4.69) is 10.4 Å². The summed E-state index contributed by atoms with van der Waals surface area (Å²) < 4.78 is 1.71. The van der Waals surface area contributed by atoms with Crippen LogP contribution in [0.1, 0.15) is 51.6 Å². The van der Waals surface area contributed by atoms with Crippen molar-refractivity contribution < 1.29 is 9.90 Å². The van der Waals surface area contributed by atoms with Crippen LogP contribution in [-0.4, -0.2) is 44.5 Å². The number of aromatic nitrogens is 2. The van der Waals surface area contributed by atoms with Gasteiger partial charge in [-0.15, -0.1) is 0 Å². The molecule has 6 nitrogen and oxygen atoms in total. The zero-order valence-electron chi connectivity index (χ0n) is 13.3. The number of nitrogens with zero attached hydrogens (tertiary/aromatic N) is 3. The third-order valence-electron chi connectivity index (χ3n) is 4.00. The van der Waals surface area contributed by atoms with Gasteiger partial charge in [0, 0.05) is 31.6 Å². The molecule has 1 aromatic rings. The van der Waals surface area contributed by atoms with E-state index in [-0.39, 0.29) is 12.1 Å². The predicted octanol–water partition coefficient (Wildman–Crippen LogP) is 2.31. The number of anilines is 1. The molecular formula is C15H26N4O2. The maximum Gasteiger partial charge on any atom is 0.323 e. The fraction of sp³-hybridized carbons (Fsp3) is 0.733. The molecule has 1 aromatic heterocycles. The average Bonchev–Trinajstić information content (AvgIpc) is 2.64. The monoisotopic (exact) mass is 294 g/mol. The number of amides is 2. The van der Waals surface area contributed by atoms with Gasteiger partial charge in [-0.1, -0.05) is 6.42 Å². The van der Waals surface area contributed by atoms with Crippen molar-refractivity contribution in [1.29, 1.82) is 0 Å². The summed E-state index contributed by atoms with van der Waals surface area (Å²) in [5, 5.41) is 16.9. The van der Waals surface area contributed by atoms with Gasteiger partial charge in [-0.05, 0) is 33.6 Å². The Morgan fingerprint density at radius 1 is 1.52 bits per heavy atom. The molecule has 1 fully saturated rings. The summed E-state index contributed by atoms with van der Waals surface area (Å²) in [6.07, 6.45) is 3.09. The van der Waals surface area contributed by atoms with Gasteiger partial charge in [-0.25, -0.2) is 4.79 Å². The number of aryl methyl sites for hydroxylation is 1. The molecule has 0 bridgehead atoms. The molecule has 1 saturated carbocycles. The number of carbonyl (C=O) groups is 1. The van der Waals surface area contributed by atoms with Crippen LogP contribution in [0.4, 0.5) is 10.6 Å². The highest BCUT2D eigenvalue weighted by Crippen LogP contribution is 2.36. The van der Waals surface area contributed by atoms with Gasteiger partial charge in [0.2, 0.25) is 0 Å². The second kappa shape index (κ2) is 6.47. The molecule has 1 heterocycles. The molecule has 0 aliphatic heterocycles. The number of carbonyl (C=O) groups excluding carboxylic acids is 1. The second-order valence-corrected chi connectivity index (χ2v) is 6.23. The molecule has 1 aliphatic carbocycles. The Morgan fingerprint density at radius 2 is 2.19 bits per heavy atom. The summed E-state index contributed by atoms with van der Waals surface area (Å²) in [5.41, 5.74) is 1.06. The van der Waals surface area contributed by atoms with Crippen molar-refractivity contribution in [2.75, 3.05) is 11.9 Å². The normalized spacial score (nSPS) is 16.7. The number of rotatable bonds is 5. The molecule has 2 amide bonds. The molecular weight excluding hydrogens is 268 g/mol. The Labute approximate surface area is 126 Å². The third-order valence-corrected chi connectivity index (χ3v) is 4.00. The van der Waals surface area contributed by atoms with Crippen molar-refractivity contribution >= 4 is 11.8 Å². The number of hydrogen-bond donors (Lipinski definition) is 2. The van der Waals surface area contributed by atoms with Crippen LogP contribution >= 0.6 is 0 Å². The lowest BCUT2D eigenvalue weighted by molar-refractivity contribution is 0.125. The van der Waals surface area contributed by atoms with E-state index < -0.39 is 6.10 Å². The van der Waals surface area contributed by atoms with E-state index in [1.165, 1.54) is 19.3 Å². The fourth-order valence-electron chi connectivity index (χ4n) is 2.50. The summed E-state index contributed by atoms with van der Waals surface area (Å²) >= 11 is 0. The van der Waals surface area contributed by atoms with Gasteiger partial charge in [0.25, 0.3) is 0 Å². The van der Waals surface area contributed by atoms with E-state index >= 15 is 0 Å². The molecule has 1 aliphatic rings. The Kier molecular flexibility index (Phi) is 4.88. The smallest absolute Gasteiger partial charge is 0.323 e. The van der Waals surface area contributed by atoms with Gasteiger partial charge in [0.05, 0.1) is 11.8 Å². The Balaban J connectivity index is 2.05. The van der Waals surface area contributed by atoms with E-state index in [0.717, 1.165) is 5.69 Å². The van der Waals surface area contributed by atoms with Crippen molar-refractivity contribution in [1.82, 2.24) is 14.7 Å².